The van der Waals surface area contributed by atoms with Gasteiger partial charge < -0.3 is 15.0 Å². The van der Waals surface area contributed by atoms with Gasteiger partial charge in [-0.3, -0.25) is 4.79 Å². The maximum atomic E-state index is 12.9. The van der Waals surface area contributed by atoms with Crippen LogP contribution in [0, 0.1) is 0 Å². The first-order valence-corrected chi connectivity index (χ1v) is 12.9. The molecule has 180 valence electrons. The predicted molar refractivity (Wildman–Crippen MR) is 135 cm³/mol. The number of hydrogen-bond donors (Lipinski definition) is 2. The maximum Gasteiger partial charge on any atom is 0.255 e. The Balaban J connectivity index is 1.24. The van der Waals surface area contributed by atoms with Gasteiger partial charge in [0, 0.05) is 37.0 Å². The number of likely N-dealkylation sites (N-methyl/N-ethyl adjacent to an activating group) is 1. The molecule has 1 saturated heterocycles. The fraction of sp³-hybridized carbons (Fsp3) is 0.231. The molecule has 4 aromatic rings. The summed E-state index contributed by atoms with van der Waals surface area (Å²) in [6.07, 6.45) is 1.74. The molecule has 3 aromatic carbocycles. The smallest absolute Gasteiger partial charge is 0.255 e. The number of ether oxygens (including phenoxy) is 1. The lowest BCUT2D eigenvalue weighted by molar-refractivity contribution is 0.0979. The molecule has 0 bridgehead atoms. The van der Waals surface area contributed by atoms with Gasteiger partial charge in [0.2, 0.25) is 10.0 Å². The summed E-state index contributed by atoms with van der Waals surface area (Å²) in [5.74, 6) is 0.434. The third-order valence-electron chi connectivity index (χ3n) is 6.11. The molecule has 8 nitrogen and oxygen atoms in total. The number of nitrogens with one attached hydrogen (secondary N) is 2. The van der Waals surface area contributed by atoms with Crippen molar-refractivity contribution in [3.8, 4) is 11.4 Å². The number of imidazole rings is 1. The SMILES string of the molecule is CN(CC1CCCO1)S(=O)(=O)c1ccc(C(=O)Nc2ccc(-c3nc4ccccc4[nH]3)cc2)cc1. The zero-order valence-corrected chi connectivity index (χ0v) is 20.1. The molecule has 1 unspecified atom stereocenters. The fourth-order valence-electron chi connectivity index (χ4n) is 4.14. The Hall–Kier alpha value is -3.53. The average Bonchev–Trinajstić information content (AvgIpc) is 3.54. The first kappa shape index (κ1) is 23.2. The second kappa shape index (κ2) is 9.61. The Morgan fingerprint density at radius 3 is 2.51 bits per heavy atom. The van der Waals surface area contributed by atoms with Crippen LogP contribution in [-0.2, 0) is 14.8 Å². The lowest BCUT2D eigenvalue weighted by Gasteiger charge is -2.20. The largest absolute Gasteiger partial charge is 0.377 e. The zero-order valence-electron chi connectivity index (χ0n) is 19.3. The van der Waals surface area contributed by atoms with Gasteiger partial charge in [-0.05, 0) is 73.5 Å². The van der Waals surface area contributed by atoms with Crippen molar-refractivity contribution >= 4 is 32.7 Å². The van der Waals surface area contributed by atoms with E-state index >= 15 is 0 Å². The van der Waals surface area contributed by atoms with Crippen molar-refractivity contribution in [2.75, 3.05) is 25.5 Å². The molecule has 1 fully saturated rings. The van der Waals surface area contributed by atoms with Crippen molar-refractivity contribution in [3.63, 3.8) is 0 Å². The van der Waals surface area contributed by atoms with Crippen LogP contribution in [0.25, 0.3) is 22.4 Å². The molecule has 1 aliphatic rings. The van der Waals surface area contributed by atoms with Gasteiger partial charge in [0.1, 0.15) is 5.82 Å². The molecule has 1 atom stereocenters. The van der Waals surface area contributed by atoms with Crippen LogP contribution >= 0.6 is 0 Å². The van der Waals surface area contributed by atoms with E-state index in [-0.39, 0.29) is 16.9 Å². The van der Waals surface area contributed by atoms with Crippen molar-refractivity contribution in [1.82, 2.24) is 14.3 Å². The molecule has 0 spiro atoms. The minimum atomic E-state index is -3.66. The number of rotatable bonds is 7. The van der Waals surface area contributed by atoms with E-state index in [2.05, 4.69) is 15.3 Å². The Morgan fingerprint density at radius 1 is 1.09 bits per heavy atom. The predicted octanol–water partition coefficient (Wildman–Crippen LogP) is 4.28. The standard InChI is InChI=1S/C26H26N4O4S/c1-30(17-21-5-4-16-34-21)35(32,33)22-14-10-19(11-15-22)26(31)27-20-12-8-18(9-13-20)25-28-23-6-2-3-7-24(23)29-25/h2-3,6-15,21H,4-5,16-17H2,1H3,(H,27,31)(H,28,29). The van der Waals surface area contributed by atoms with Crippen molar-refractivity contribution in [1.29, 1.82) is 0 Å². The van der Waals surface area contributed by atoms with Crippen LogP contribution in [0.1, 0.15) is 23.2 Å². The van der Waals surface area contributed by atoms with Crippen molar-refractivity contribution in [2.45, 2.75) is 23.8 Å². The Morgan fingerprint density at radius 2 is 1.83 bits per heavy atom. The minimum absolute atomic E-state index is 0.0712. The number of anilines is 1. The first-order chi connectivity index (χ1) is 16.9. The van der Waals surface area contributed by atoms with Gasteiger partial charge in [0.05, 0.1) is 22.0 Å². The van der Waals surface area contributed by atoms with E-state index in [1.165, 1.54) is 28.6 Å². The van der Waals surface area contributed by atoms with E-state index < -0.39 is 10.0 Å². The quantitative estimate of drug-likeness (QED) is 0.402. The molecule has 35 heavy (non-hydrogen) atoms. The number of para-hydroxylation sites is 2. The van der Waals surface area contributed by atoms with Crippen molar-refractivity contribution < 1.29 is 17.9 Å². The maximum absolute atomic E-state index is 12.9. The van der Waals surface area contributed by atoms with Crippen molar-refractivity contribution in [3.05, 3.63) is 78.4 Å². The van der Waals surface area contributed by atoms with E-state index in [9.17, 15) is 13.2 Å². The summed E-state index contributed by atoms with van der Waals surface area (Å²) in [5, 5.41) is 2.85. The van der Waals surface area contributed by atoms with E-state index in [1.807, 2.05) is 36.4 Å². The summed E-state index contributed by atoms with van der Waals surface area (Å²) in [6.45, 7) is 0.986. The Labute approximate surface area is 204 Å². The molecule has 1 aliphatic heterocycles. The Bertz CT molecular complexity index is 1410. The number of carbonyl (C=O) groups excluding carboxylic acids is 1. The highest BCUT2D eigenvalue weighted by molar-refractivity contribution is 7.89. The molecule has 2 N–H and O–H groups in total. The lowest BCUT2D eigenvalue weighted by Crippen LogP contribution is -2.34. The summed E-state index contributed by atoms with van der Waals surface area (Å²) < 4.78 is 32.6. The highest BCUT2D eigenvalue weighted by atomic mass is 32.2. The van der Waals surface area contributed by atoms with Gasteiger partial charge in [-0.1, -0.05) is 12.1 Å². The van der Waals surface area contributed by atoms with Gasteiger partial charge >= 0.3 is 0 Å². The third kappa shape index (κ3) is 4.97. The van der Waals surface area contributed by atoms with Crippen molar-refractivity contribution in [2.24, 2.45) is 0 Å². The number of nitrogens with zero attached hydrogens (tertiary/aromatic N) is 2. The third-order valence-corrected chi connectivity index (χ3v) is 7.95. The van der Waals surface area contributed by atoms with Crippen LogP contribution in [-0.4, -0.2) is 54.9 Å². The summed E-state index contributed by atoms with van der Waals surface area (Å²) in [4.78, 5) is 20.7. The highest BCUT2D eigenvalue weighted by Gasteiger charge is 2.26. The van der Waals surface area contributed by atoms with Crippen LogP contribution in [0.3, 0.4) is 0 Å². The van der Waals surface area contributed by atoms with Crippen LogP contribution < -0.4 is 5.32 Å². The molecule has 0 aliphatic carbocycles. The van der Waals surface area contributed by atoms with Gasteiger partial charge in [0.25, 0.3) is 5.91 Å². The van der Waals surface area contributed by atoms with E-state index in [4.69, 9.17) is 4.74 Å². The Kier molecular flexibility index (Phi) is 6.38. The number of hydrogen-bond acceptors (Lipinski definition) is 5. The summed E-state index contributed by atoms with van der Waals surface area (Å²) in [5.41, 5.74) is 3.75. The van der Waals surface area contributed by atoms with Crippen LogP contribution in [0.15, 0.2) is 77.7 Å². The second-order valence-corrected chi connectivity index (χ2v) is 10.6. The highest BCUT2D eigenvalue weighted by Crippen LogP contribution is 2.23. The molecule has 9 heteroatoms. The zero-order chi connectivity index (χ0) is 24.4. The van der Waals surface area contributed by atoms with Crippen LogP contribution in [0.2, 0.25) is 0 Å². The summed E-state index contributed by atoms with van der Waals surface area (Å²) in [7, 11) is -2.11. The molecule has 0 radical (unpaired) electrons. The van der Waals surface area contributed by atoms with E-state index in [0.717, 1.165) is 35.3 Å². The fourth-order valence-corrected chi connectivity index (χ4v) is 5.34. The number of carbonyl (C=O) groups is 1. The number of aromatic nitrogens is 2. The number of fused-ring (bicyclic) bond motifs is 1. The van der Waals surface area contributed by atoms with Gasteiger partial charge in [-0.25, -0.2) is 13.4 Å². The van der Waals surface area contributed by atoms with Crippen LogP contribution in [0.4, 0.5) is 5.69 Å². The lowest BCUT2D eigenvalue weighted by atomic mass is 10.1. The molecule has 2 heterocycles. The number of benzene rings is 3. The number of H-pyrrole nitrogens is 1. The molecule has 1 amide bonds. The molecular formula is C26H26N4O4S. The van der Waals surface area contributed by atoms with Gasteiger partial charge in [-0.15, -0.1) is 0 Å². The second-order valence-electron chi connectivity index (χ2n) is 8.58. The summed E-state index contributed by atoms with van der Waals surface area (Å²) in [6, 6.07) is 21.1. The molecule has 5 rings (SSSR count). The first-order valence-electron chi connectivity index (χ1n) is 11.4. The number of sulfonamides is 1. The number of aromatic amines is 1. The minimum Gasteiger partial charge on any atom is -0.377 e. The number of amides is 1. The van der Waals surface area contributed by atoms with Gasteiger partial charge in [-0.2, -0.15) is 4.31 Å². The monoisotopic (exact) mass is 490 g/mol. The van der Waals surface area contributed by atoms with E-state index in [1.54, 1.807) is 19.2 Å². The van der Waals surface area contributed by atoms with E-state index in [0.29, 0.717) is 24.4 Å². The summed E-state index contributed by atoms with van der Waals surface area (Å²) >= 11 is 0. The average molecular weight is 491 g/mol. The molecule has 1 aromatic heterocycles. The topological polar surface area (TPSA) is 104 Å². The molecular weight excluding hydrogens is 464 g/mol. The van der Waals surface area contributed by atoms with Crippen LogP contribution in [0.5, 0.6) is 0 Å². The van der Waals surface area contributed by atoms with Gasteiger partial charge in [0.15, 0.2) is 0 Å². The molecule has 0 saturated carbocycles. The normalized spacial score (nSPS) is 16.1.